The van der Waals surface area contributed by atoms with E-state index in [4.69, 9.17) is 4.98 Å². The molecule has 1 atom stereocenters. The lowest BCUT2D eigenvalue weighted by Crippen LogP contribution is -2.47. The van der Waals surface area contributed by atoms with Crippen LogP contribution in [0.4, 0.5) is 9.52 Å². The second-order valence-electron chi connectivity index (χ2n) is 8.25. The second-order valence-corrected chi connectivity index (χ2v) is 12.1. The summed E-state index contributed by atoms with van der Waals surface area (Å²) in [5, 5.41) is 0.512. The average Bonchev–Trinajstić information content (AvgIpc) is 3.50. The molecule has 4 aromatic rings. The minimum Gasteiger partial charge on any atom is -0.282 e. The zero-order valence-corrected chi connectivity index (χ0v) is 21.7. The minimum atomic E-state index is -3.97. The molecule has 0 spiro atoms. The number of benzene rings is 3. The van der Waals surface area contributed by atoms with Crippen molar-refractivity contribution in [2.45, 2.75) is 30.3 Å². The smallest absolute Gasteiger partial charge is 0.247 e. The van der Waals surface area contributed by atoms with E-state index in [0.29, 0.717) is 18.0 Å². The molecular formula is C25H21BrFN3O3S2. The Morgan fingerprint density at radius 1 is 1.11 bits per heavy atom. The highest BCUT2D eigenvalue weighted by Crippen LogP contribution is 2.34. The second kappa shape index (κ2) is 9.77. The number of fused-ring (bicyclic) bond motifs is 1. The van der Waals surface area contributed by atoms with E-state index < -0.39 is 21.9 Å². The zero-order valence-electron chi connectivity index (χ0n) is 18.5. The van der Waals surface area contributed by atoms with E-state index in [1.54, 1.807) is 4.90 Å². The molecule has 0 radical (unpaired) electrons. The summed E-state index contributed by atoms with van der Waals surface area (Å²) in [4.78, 5) is 20.2. The number of hydrogen-bond donors (Lipinski definition) is 0. The average molecular weight is 574 g/mol. The van der Waals surface area contributed by atoms with Crippen molar-refractivity contribution in [3.63, 3.8) is 0 Å². The molecule has 0 bridgehead atoms. The van der Waals surface area contributed by atoms with Gasteiger partial charge in [-0.1, -0.05) is 57.6 Å². The topological polar surface area (TPSA) is 70.6 Å². The molecule has 1 aliphatic heterocycles. The Morgan fingerprint density at radius 3 is 2.60 bits per heavy atom. The fraction of sp³-hybridized carbons (Fsp3) is 0.200. The molecule has 1 amide bonds. The molecule has 0 aliphatic carbocycles. The summed E-state index contributed by atoms with van der Waals surface area (Å²) in [6.45, 7) is 0.490. The van der Waals surface area contributed by atoms with Crippen LogP contribution in [0.2, 0.25) is 0 Å². The first-order valence-corrected chi connectivity index (χ1v) is 14.1. The number of thiazole rings is 1. The first-order chi connectivity index (χ1) is 16.8. The number of carbonyl (C=O) groups is 1. The van der Waals surface area contributed by atoms with E-state index >= 15 is 0 Å². The van der Waals surface area contributed by atoms with E-state index in [-0.39, 0.29) is 23.9 Å². The molecule has 1 aromatic heterocycles. The molecule has 1 aliphatic rings. The van der Waals surface area contributed by atoms with Gasteiger partial charge >= 0.3 is 0 Å². The molecule has 10 heteroatoms. The van der Waals surface area contributed by atoms with Gasteiger partial charge in [-0.05, 0) is 60.9 Å². The van der Waals surface area contributed by atoms with Gasteiger partial charge in [-0.3, -0.25) is 9.69 Å². The number of nitrogens with zero attached hydrogens (tertiary/aromatic N) is 3. The van der Waals surface area contributed by atoms with Gasteiger partial charge in [-0.15, -0.1) is 0 Å². The molecule has 0 saturated carbocycles. The van der Waals surface area contributed by atoms with Gasteiger partial charge in [0.15, 0.2) is 5.13 Å². The van der Waals surface area contributed by atoms with Crippen LogP contribution in [-0.4, -0.2) is 36.2 Å². The van der Waals surface area contributed by atoms with Gasteiger partial charge in [-0.25, -0.2) is 17.8 Å². The molecule has 2 heterocycles. The van der Waals surface area contributed by atoms with Crippen LogP contribution in [0.5, 0.6) is 0 Å². The van der Waals surface area contributed by atoms with Crippen molar-refractivity contribution in [2.24, 2.45) is 0 Å². The van der Waals surface area contributed by atoms with Gasteiger partial charge in [0.2, 0.25) is 15.9 Å². The van der Waals surface area contributed by atoms with Crippen molar-refractivity contribution in [1.29, 1.82) is 0 Å². The van der Waals surface area contributed by atoms with Gasteiger partial charge in [0.25, 0.3) is 0 Å². The number of aromatic nitrogens is 1. The summed E-state index contributed by atoms with van der Waals surface area (Å²) >= 11 is 4.86. The van der Waals surface area contributed by atoms with E-state index in [9.17, 15) is 17.6 Å². The van der Waals surface area contributed by atoms with Crippen molar-refractivity contribution >= 4 is 58.5 Å². The third-order valence-electron chi connectivity index (χ3n) is 5.93. The summed E-state index contributed by atoms with van der Waals surface area (Å²) in [6.07, 6.45) is 0.962. The van der Waals surface area contributed by atoms with Crippen LogP contribution >= 0.6 is 27.3 Å². The predicted octanol–water partition coefficient (Wildman–Crippen LogP) is 5.58. The monoisotopic (exact) mass is 573 g/mol. The van der Waals surface area contributed by atoms with Crippen LogP contribution in [-0.2, 0) is 21.4 Å². The van der Waals surface area contributed by atoms with Crippen LogP contribution in [0.3, 0.4) is 0 Å². The number of sulfonamides is 1. The van der Waals surface area contributed by atoms with Crippen LogP contribution in [0, 0.1) is 5.82 Å². The molecule has 5 rings (SSSR count). The van der Waals surface area contributed by atoms with Gasteiger partial charge in [0, 0.05) is 11.0 Å². The number of amides is 1. The summed E-state index contributed by atoms with van der Waals surface area (Å²) < 4.78 is 43.2. The van der Waals surface area contributed by atoms with E-state index in [1.165, 1.54) is 27.8 Å². The van der Waals surface area contributed by atoms with Crippen LogP contribution in [0.15, 0.2) is 82.2 Å². The number of anilines is 1. The highest BCUT2D eigenvalue weighted by Gasteiger charge is 2.42. The normalized spacial score (nSPS) is 16.6. The Hall–Kier alpha value is -2.66. The van der Waals surface area contributed by atoms with Gasteiger partial charge in [0.1, 0.15) is 11.9 Å². The Bertz CT molecular complexity index is 1480. The highest BCUT2D eigenvalue weighted by atomic mass is 79.9. The summed E-state index contributed by atoms with van der Waals surface area (Å²) in [6, 6.07) is 19.1. The van der Waals surface area contributed by atoms with Gasteiger partial charge < -0.3 is 0 Å². The van der Waals surface area contributed by atoms with Crippen molar-refractivity contribution in [1.82, 2.24) is 9.29 Å². The fourth-order valence-electron chi connectivity index (χ4n) is 4.20. The third kappa shape index (κ3) is 4.88. The van der Waals surface area contributed by atoms with E-state index in [2.05, 4.69) is 15.9 Å². The molecule has 180 valence electrons. The SMILES string of the molecule is O=C(C1CCCN1S(=O)(=O)c1ccc(F)cc1)N(Cc1ccccc1)c1nc2ccc(Br)cc2s1. The Labute approximate surface area is 215 Å². The van der Waals surface area contributed by atoms with Crippen molar-refractivity contribution in [3.05, 3.63) is 88.6 Å². The predicted molar refractivity (Wildman–Crippen MR) is 138 cm³/mol. The van der Waals surface area contributed by atoms with Crippen molar-refractivity contribution < 1.29 is 17.6 Å². The molecule has 0 N–H and O–H groups in total. The summed E-state index contributed by atoms with van der Waals surface area (Å²) in [5.74, 6) is -0.843. The molecule has 6 nitrogen and oxygen atoms in total. The van der Waals surface area contributed by atoms with E-state index in [1.807, 2.05) is 48.5 Å². The quantitative estimate of drug-likeness (QED) is 0.301. The Kier molecular flexibility index (Phi) is 6.71. The van der Waals surface area contributed by atoms with Crippen LogP contribution < -0.4 is 4.90 Å². The lowest BCUT2D eigenvalue weighted by atomic mass is 10.1. The molecule has 3 aromatic carbocycles. The van der Waals surface area contributed by atoms with Crippen molar-refractivity contribution in [3.8, 4) is 0 Å². The van der Waals surface area contributed by atoms with E-state index in [0.717, 1.165) is 32.4 Å². The number of rotatable bonds is 6. The summed E-state index contributed by atoms with van der Waals surface area (Å²) in [5.41, 5.74) is 1.67. The number of carbonyl (C=O) groups excluding carboxylic acids is 1. The lowest BCUT2D eigenvalue weighted by Gasteiger charge is -2.28. The minimum absolute atomic E-state index is 0.0296. The number of halogens is 2. The highest BCUT2D eigenvalue weighted by molar-refractivity contribution is 9.10. The first-order valence-electron chi connectivity index (χ1n) is 11.0. The maximum Gasteiger partial charge on any atom is 0.247 e. The molecule has 35 heavy (non-hydrogen) atoms. The molecule has 1 saturated heterocycles. The third-order valence-corrected chi connectivity index (χ3v) is 9.39. The lowest BCUT2D eigenvalue weighted by molar-refractivity contribution is -0.121. The van der Waals surface area contributed by atoms with Crippen LogP contribution in [0.25, 0.3) is 10.2 Å². The largest absolute Gasteiger partial charge is 0.282 e. The maximum atomic E-state index is 14.0. The zero-order chi connectivity index (χ0) is 24.6. The Balaban J connectivity index is 1.52. The number of hydrogen-bond acceptors (Lipinski definition) is 5. The standard InChI is InChI=1S/C25H21BrFN3O3S2/c26-18-8-13-21-23(15-18)34-25(28-21)29(16-17-5-2-1-3-6-17)24(31)22-7-4-14-30(22)35(32,33)20-11-9-19(27)10-12-20/h1-3,5-6,8-13,15,22H,4,7,14,16H2. The Morgan fingerprint density at radius 2 is 1.86 bits per heavy atom. The molecular weight excluding hydrogens is 553 g/mol. The molecule has 1 fully saturated rings. The maximum absolute atomic E-state index is 14.0. The summed E-state index contributed by atoms with van der Waals surface area (Å²) in [7, 11) is -3.97. The fourth-order valence-corrected chi connectivity index (χ4v) is 7.38. The van der Waals surface area contributed by atoms with Gasteiger partial charge in [-0.2, -0.15) is 4.31 Å². The first kappa shape index (κ1) is 24.1. The van der Waals surface area contributed by atoms with Crippen LogP contribution in [0.1, 0.15) is 18.4 Å². The van der Waals surface area contributed by atoms with Gasteiger partial charge in [0.05, 0.1) is 21.7 Å². The molecule has 1 unspecified atom stereocenters. The van der Waals surface area contributed by atoms with Crippen molar-refractivity contribution in [2.75, 3.05) is 11.4 Å².